The normalized spacial score (nSPS) is 22.9. The fourth-order valence-electron chi connectivity index (χ4n) is 2.14. The minimum absolute atomic E-state index is 0.145. The highest BCUT2D eigenvalue weighted by atomic mass is 15.1. The smallest absolute Gasteiger partial charge is 0.124 e. The maximum Gasteiger partial charge on any atom is 0.124 e. The van der Waals surface area contributed by atoms with Crippen LogP contribution in [0.4, 0.5) is 5.69 Å². The van der Waals surface area contributed by atoms with Gasteiger partial charge in [-0.3, -0.25) is 5.41 Å². The van der Waals surface area contributed by atoms with Crippen LogP contribution in [0.2, 0.25) is 0 Å². The topological polar surface area (TPSA) is 53.1 Å². The number of nitrogens with two attached hydrogens (primary N) is 1. The molecule has 1 aromatic carbocycles. The largest absolute Gasteiger partial charge is 0.384 e. The van der Waals surface area contributed by atoms with Crippen LogP contribution in [0.1, 0.15) is 18.9 Å². The first-order valence-corrected chi connectivity index (χ1v) is 5.74. The van der Waals surface area contributed by atoms with Gasteiger partial charge in [-0.2, -0.15) is 0 Å². The van der Waals surface area contributed by atoms with E-state index in [4.69, 9.17) is 11.1 Å². The summed E-state index contributed by atoms with van der Waals surface area (Å²) in [5, 5.41) is 7.56. The highest BCUT2D eigenvalue weighted by Crippen LogP contribution is 2.38. The molecule has 0 bridgehead atoms. The number of amidine groups is 1. The molecule has 1 aliphatic carbocycles. The second kappa shape index (κ2) is 4.16. The fourth-order valence-corrected chi connectivity index (χ4v) is 2.14. The molecule has 1 aromatic rings. The number of nitrogen functional groups attached to an aromatic ring is 1. The number of anilines is 1. The Labute approximate surface area is 96.8 Å². The average Bonchev–Trinajstić information content (AvgIpc) is 2.94. The van der Waals surface area contributed by atoms with Crippen LogP contribution in [-0.2, 0) is 0 Å². The first kappa shape index (κ1) is 11.0. The van der Waals surface area contributed by atoms with Gasteiger partial charge in [-0.1, -0.05) is 19.1 Å². The van der Waals surface area contributed by atoms with E-state index in [0.29, 0.717) is 0 Å². The third kappa shape index (κ3) is 2.18. The van der Waals surface area contributed by atoms with E-state index in [1.807, 2.05) is 24.3 Å². The number of hydrogen-bond donors (Lipinski definition) is 2. The first-order chi connectivity index (χ1) is 7.59. The van der Waals surface area contributed by atoms with Gasteiger partial charge in [-0.15, -0.1) is 0 Å². The van der Waals surface area contributed by atoms with Crippen molar-refractivity contribution < 1.29 is 0 Å². The summed E-state index contributed by atoms with van der Waals surface area (Å²) in [6.45, 7) is 3.35. The number of rotatable bonds is 4. The van der Waals surface area contributed by atoms with Crippen molar-refractivity contribution in [2.24, 2.45) is 17.6 Å². The van der Waals surface area contributed by atoms with Gasteiger partial charge in [-0.05, 0) is 30.4 Å². The van der Waals surface area contributed by atoms with Gasteiger partial charge in [0.25, 0.3) is 0 Å². The fraction of sp³-hybridized carbons (Fsp3) is 0.462. The lowest BCUT2D eigenvalue weighted by molar-refractivity contribution is 0.725. The number of nitrogens with one attached hydrogen (secondary N) is 1. The summed E-state index contributed by atoms with van der Waals surface area (Å²) in [6.07, 6.45) is 1.33. The second-order valence-electron chi connectivity index (χ2n) is 4.78. The Hall–Kier alpha value is -1.51. The summed E-state index contributed by atoms with van der Waals surface area (Å²) in [7, 11) is 2.08. The Kier molecular flexibility index (Phi) is 2.86. The third-order valence-corrected chi connectivity index (χ3v) is 3.39. The third-order valence-electron chi connectivity index (χ3n) is 3.39. The van der Waals surface area contributed by atoms with E-state index in [0.717, 1.165) is 29.6 Å². The van der Waals surface area contributed by atoms with Crippen molar-refractivity contribution in [1.29, 1.82) is 5.41 Å². The second-order valence-corrected chi connectivity index (χ2v) is 4.78. The molecule has 2 atom stereocenters. The molecule has 0 radical (unpaired) electrons. The molecular weight excluding hydrogens is 198 g/mol. The Morgan fingerprint density at radius 3 is 2.69 bits per heavy atom. The molecule has 2 rings (SSSR count). The van der Waals surface area contributed by atoms with Gasteiger partial charge in [0.15, 0.2) is 0 Å². The van der Waals surface area contributed by atoms with Crippen molar-refractivity contribution in [3.63, 3.8) is 0 Å². The van der Waals surface area contributed by atoms with E-state index < -0.39 is 0 Å². The van der Waals surface area contributed by atoms with E-state index in [1.165, 1.54) is 6.42 Å². The van der Waals surface area contributed by atoms with Crippen molar-refractivity contribution in [1.82, 2.24) is 0 Å². The molecule has 0 spiro atoms. The Bertz CT molecular complexity index is 400. The predicted octanol–water partition coefficient (Wildman–Crippen LogP) is 2.06. The Balaban J connectivity index is 2.15. The molecule has 0 amide bonds. The molecule has 1 fully saturated rings. The molecule has 1 saturated carbocycles. The lowest BCUT2D eigenvalue weighted by atomic mass is 10.1. The minimum Gasteiger partial charge on any atom is -0.384 e. The van der Waals surface area contributed by atoms with Gasteiger partial charge in [0.2, 0.25) is 0 Å². The van der Waals surface area contributed by atoms with Gasteiger partial charge in [0.05, 0.1) is 0 Å². The van der Waals surface area contributed by atoms with E-state index in [9.17, 15) is 0 Å². The van der Waals surface area contributed by atoms with Crippen molar-refractivity contribution in [2.75, 3.05) is 18.5 Å². The van der Waals surface area contributed by atoms with Crippen molar-refractivity contribution in [3.8, 4) is 0 Å². The summed E-state index contributed by atoms with van der Waals surface area (Å²) in [5.74, 6) is 1.81. The number of benzene rings is 1. The molecule has 86 valence electrons. The van der Waals surface area contributed by atoms with E-state index in [2.05, 4.69) is 18.9 Å². The summed E-state index contributed by atoms with van der Waals surface area (Å²) in [6, 6.07) is 7.86. The number of hydrogen-bond acceptors (Lipinski definition) is 2. The molecule has 0 heterocycles. The zero-order valence-electron chi connectivity index (χ0n) is 9.90. The molecule has 0 aromatic heterocycles. The molecule has 16 heavy (non-hydrogen) atoms. The van der Waals surface area contributed by atoms with Gasteiger partial charge in [0.1, 0.15) is 5.84 Å². The van der Waals surface area contributed by atoms with Crippen molar-refractivity contribution in [3.05, 3.63) is 29.8 Å². The molecule has 0 saturated heterocycles. The van der Waals surface area contributed by atoms with Crippen molar-refractivity contribution in [2.45, 2.75) is 13.3 Å². The van der Waals surface area contributed by atoms with Gasteiger partial charge >= 0.3 is 0 Å². The molecule has 3 heteroatoms. The average molecular weight is 217 g/mol. The SMILES string of the molecule is CC1CC1CN(C)c1ccccc1C(=N)N. The highest BCUT2D eigenvalue weighted by Gasteiger charge is 2.33. The van der Waals surface area contributed by atoms with Gasteiger partial charge in [0, 0.05) is 24.8 Å². The van der Waals surface area contributed by atoms with Gasteiger partial charge < -0.3 is 10.6 Å². The molecule has 1 aliphatic rings. The summed E-state index contributed by atoms with van der Waals surface area (Å²) in [4.78, 5) is 2.21. The van der Waals surface area contributed by atoms with Crippen LogP contribution in [0, 0.1) is 17.2 Å². The molecule has 0 aliphatic heterocycles. The van der Waals surface area contributed by atoms with Crippen LogP contribution in [0.15, 0.2) is 24.3 Å². The zero-order chi connectivity index (χ0) is 11.7. The standard InChI is InChI=1S/C13H19N3/c1-9-7-10(9)8-16(2)12-6-4-3-5-11(12)13(14)15/h3-6,9-10H,7-8H2,1-2H3,(H3,14,15). The summed E-state index contributed by atoms with van der Waals surface area (Å²) in [5.41, 5.74) is 7.48. The summed E-state index contributed by atoms with van der Waals surface area (Å²) >= 11 is 0. The first-order valence-electron chi connectivity index (χ1n) is 5.74. The maximum absolute atomic E-state index is 7.56. The molecular formula is C13H19N3. The summed E-state index contributed by atoms with van der Waals surface area (Å²) < 4.78 is 0. The molecule has 2 unspecified atom stereocenters. The lowest BCUT2D eigenvalue weighted by Crippen LogP contribution is -2.24. The van der Waals surface area contributed by atoms with Crippen molar-refractivity contribution >= 4 is 11.5 Å². The van der Waals surface area contributed by atoms with Crippen LogP contribution in [0.25, 0.3) is 0 Å². The molecule has 3 N–H and O–H groups in total. The van der Waals surface area contributed by atoms with Crippen LogP contribution in [0.5, 0.6) is 0 Å². The number of nitrogens with zero attached hydrogens (tertiary/aromatic N) is 1. The van der Waals surface area contributed by atoms with Gasteiger partial charge in [-0.25, -0.2) is 0 Å². The van der Waals surface area contributed by atoms with E-state index in [1.54, 1.807) is 0 Å². The quantitative estimate of drug-likeness (QED) is 0.599. The number of para-hydroxylation sites is 1. The predicted molar refractivity (Wildman–Crippen MR) is 68.0 cm³/mol. The molecule has 3 nitrogen and oxygen atoms in total. The monoisotopic (exact) mass is 217 g/mol. The minimum atomic E-state index is 0.145. The highest BCUT2D eigenvalue weighted by molar-refractivity contribution is 6.00. The zero-order valence-corrected chi connectivity index (χ0v) is 9.90. The lowest BCUT2D eigenvalue weighted by Gasteiger charge is -2.22. The van der Waals surface area contributed by atoms with Crippen LogP contribution >= 0.6 is 0 Å². The van der Waals surface area contributed by atoms with Crippen LogP contribution in [0.3, 0.4) is 0 Å². The van der Waals surface area contributed by atoms with Crippen LogP contribution in [-0.4, -0.2) is 19.4 Å². The Morgan fingerprint density at radius 2 is 2.12 bits per heavy atom. The van der Waals surface area contributed by atoms with Crippen LogP contribution < -0.4 is 10.6 Å². The van der Waals surface area contributed by atoms with E-state index >= 15 is 0 Å². The Morgan fingerprint density at radius 1 is 1.50 bits per heavy atom. The van der Waals surface area contributed by atoms with E-state index in [-0.39, 0.29) is 5.84 Å². The maximum atomic E-state index is 7.56.